The third-order valence-corrected chi connectivity index (χ3v) is 6.77. The number of nitrogens with zero attached hydrogens (tertiary/aromatic N) is 4. The average molecular weight is 680 g/mol. The van der Waals surface area contributed by atoms with E-state index in [0.29, 0.717) is 12.0 Å². The summed E-state index contributed by atoms with van der Waals surface area (Å²) in [6, 6.07) is 7.90. The van der Waals surface area contributed by atoms with Gasteiger partial charge in [0.05, 0.1) is 22.8 Å². The number of carboxylic acids is 1. The van der Waals surface area contributed by atoms with Gasteiger partial charge in [0.1, 0.15) is 24.2 Å². The number of aliphatic carboxylic acids is 1. The quantitative estimate of drug-likeness (QED) is 0.0611. The van der Waals surface area contributed by atoms with E-state index in [0.717, 1.165) is 17.3 Å². The smallest absolute Gasteiger partial charge is 0.475 e. The first kappa shape index (κ1) is 36.6. The van der Waals surface area contributed by atoms with Crippen LogP contribution in [0.3, 0.4) is 0 Å². The number of fused-ring (bicyclic) bond motifs is 1. The Bertz CT molecular complexity index is 1710. The number of non-ortho nitro benzene ring substituents is 1. The molecule has 19 heteroatoms. The van der Waals surface area contributed by atoms with Crippen molar-refractivity contribution in [3.8, 4) is 0 Å². The van der Waals surface area contributed by atoms with E-state index in [1.165, 1.54) is 46.0 Å². The monoisotopic (exact) mass is 679 g/mol. The van der Waals surface area contributed by atoms with Crippen LogP contribution in [0.25, 0.3) is 0 Å². The summed E-state index contributed by atoms with van der Waals surface area (Å²) in [7, 11) is 0. The van der Waals surface area contributed by atoms with Crippen LogP contribution >= 0.6 is 0 Å². The lowest BCUT2D eigenvalue weighted by Gasteiger charge is -2.30. The number of hydrogen-bond donors (Lipinski definition) is 4. The first-order valence-electron chi connectivity index (χ1n) is 14.0. The van der Waals surface area contributed by atoms with Crippen molar-refractivity contribution in [2.75, 3.05) is 13.2 Å². The number of nitrogens with one attached hydrogen (secondary N) is 2. The van der Waals surface area contributed by atoms with Crippen LogP contribution in [0, 0.1) is 21.3 Å². The minimum atomic E-state index is -5.08. The molecule has 4 rings (SSSR count). The molecule has 1 aromatic heterocycles. The van der Waals surface area contributed by atoms with Gasteiger partial charge in [-0.1, -0.05) is 18.2 Å². The van der Waals surface area contributed by atoms with Gasteiger partial charge < -0.3 is 25.8 Å². The largest absolute Gasteiger partial charge is 0.490 e. The van der Waals surface area contributed by atoms with Crippen molar-refractivity contribution in [3.05, 3.63) is 92.5 Å². The van der Waals surface area contributed by atoms with Gasteiger partial charge in [0, 0.05) is 55.4 Å². The molecule has 0 fully saturated rings. The predicted octanol–water partition coefficient (Wildman–Crippen LogP) is 2.34. The van der Waals surface area contributed by atoms with Gasteiger partial charge in [-0.05, 0) is 24.6 Å². The molecule has 2 aromatic carbocycles. The van der Waals surface area contributed by atoms with Gasteiger partial charge in [0.2, 0.25) is 5.91 Å². The molecule has 1 aliphatic rings. The summed E-state index contributed by atoms with van der Waals surface area (Å²) in [6.45, 7) is 2.34. The molecule has 0 spiro atoms. The molecule has 0 saturated carbocycles. The zero-order valence-corrected chi connectivity index (χ0v) is 25.1. The molecule has 5 N–H and O–H groups in total. The molecule has 1 atom stereocenters. The van der Waals surface area contributed by atoms with E-state index in [1.54, 1.807) is 13.1 Å². The zero-order chi connectivity index (χ0) is 35.8. The van der Waals surface area contributed by atoms with Crippen LogP contribution in [-0.2, 0) is 45.1 Å². The van der Waals surface area contributed by atoms with Gasteiger partial charge in [-0.25, -0.2) is 9.18 Å². The van der Waals surface area contributed by atoms with Crippen molar-refractivity contribution < 1.29 is 51.5 Å². The number of ether oxygens (including phenoxy) is 1. The number of esters is 1. The molecule has 48 heavy (non-hydrogen) atoms. The lowest BCUT2D eigenvalue weighted by Crippen LogP contribution is -2.51. The van der Waals surface area contributed by atoms with Crippen LogP contribution < -0.4 is 11.1 Å². The fourth-order valence-electron chi connectivity index (χ4n) is 4.49. The van der Waals surface area contributed by atoms with Crippen molar-refractivity contribution in [1.82, 2.24) is 20.0 Å². The number of alkyl halides is 3. The van der Waals surface area contributed by atoms with Gasteiger partial charge in [-0.3, -0.25) is 34.6 Å². The molecule has 15 nitrogen and oxygen atoms in total. The van der Waals surface area contributed by atoms with E-state index in [4.69, 9.17) is 25.8 Å². The van der Waals surface area contributed by atoms with Gasteiger partial charge in [0.15, 0.2) is 0 Å². The van der Waals surface area contributed by atoms with E-state index >= 15 is 0 Å². The number of carbonyl (C=O) groups excluding carboxylic acids is 3. The molecule has 0 saturated heterocycles. The van der Waals surface area contributed by atoms with E-state index < -0.39 is 46.7 Å². The number of carboxylic acid groups (broad SMARTS) is 1. The number of amides is 2. The highest BCUT2D eigenvalue weighted by Crippen LogP contribution is 2.21. The van der Waals surface area contributed by atoms with Crippen LogP contribution in [0.2, 0.25) is 0 Å². The second-order valence-electron chi connectivity index (χ2n) is 10.2. The summed E-state index contributed by atoms with van der Waals surface area (Å²) < 4.78 is 52.9. The van der Waals surface area contributed by atoms with Gasteiger partial charge in [-0.15, -0.1) is 0 Å². The maximum absolute atomic E-state index is 14.7. The minimum Gasteiger partial charge on any atom is -0.475 e. The standard InChI is InChI=1S/C27H28FN7O6.C2HF3O2/c1-2-41-24(36)15-34-14-18-13-33(10-9-22(18)32-34)27(38)23(11-16-3-6-19(7-4-16)35(39)40)31-26(37)20-8-5-17(25(29)30)12-21(20)28;3-2(4,5)1(6)7/h3-8,12,14,23H,2,9-11,13,15H2,1H3,(H3,29,30)(H,31,37);(H,6,7)/t23-;/m0./s1. The fraction of sp³-hybridized carbons (Fsp3) is 0.310. The Hall–Kier alpha value is -5.88. The van der Waals surface area contributed by atoms with E-state index in [2.05, 4.69) is 10.4 Å². The van der Waals surface area contributed by atoms with E-state index in [9.17, 15) is 42.1 Å². The van der Waals surface area contributed by atoms with Crippen molar-refractivity contribution in [2.24, 2.45) is 5.73 Å². The summed E-state index contributed by atoms with van der Waals surface area (Å²) in [5, 5.41) is 32.6. The van der Waals surface area contributed by atoms with Crippen molar-refractivity contribution in [3.63, 3.8) is 0 Å². The Morgan fingerprint density at radius 2 is 1.83 bits per heavy atom. The van der Waals surface area contributed by atoms with Crippen molar-refractivity contribution in [2.45, 2.75) is 45.1 Å². The molecule has 1 aliphatic heterocycles. The lowest BCUT2D eigenvalue weighted by atomic mass is 10.0. The summed E-state index contributed by atoms with van der Waals surface area (Å²) >= 11 is 0. The Kier molecular flexibility index (Phi) is 11.9. The van der Waals surface area contributed by atoms with E-state index in [1.807, 2.05) is 0 Å². The molecule has 3 aromatic rings. The first-order chi connectivity index (χ1) is 22.5. The Morgan fingerprint density at radius 3 is 2.38 bits per heavy atom. The SMILES string of the molecule is CCOC(=O)Cn1cc2c(n1)CCN(C(=O)[C@H](Cc1ccc([N+](=O)[O-])cc1)NC(=O)c1ccc(C(=N)N)cc1F)C2.O=C(O)C(F)(F)F. The summed E-state index contributed by atoms with van der Waals surface area (Å²) in [5.74, 6) is -5.76. The number of benzene rings is 2. The minimum absolute atomic E-state index is 0.0127. The third kappa shape index (κ3) is 9.81. The molecule has 0 bridgehead atoms. The van der Waals surface area contributed by atoms with Crippen LogP contribution in [-0.4, -0.2) is 79.7 Å². The van der Waals surface area contributed by atoms with E-state index in [-0.39, 0.29) is 55.3 Å². The molecule has 2 heterocycles. The lowest BCUT2D eigenvalue weighted by molar-refractivity contribution is -0.384. The highest BCUT2D eigenvalue weighted by molar-refractivity contribution is 6.00. The topological polar surface area (TPSA) is 224 Å². The van der Waals surface area contributed by atoms with Crippen LogP contribution in [0.15, 0.2) is 48.7 Å². The Balaban J connectivity index is 0.000000804. The second kappa shape index (κ2) is 15.6. The van der Waals surface area contributed by atoms with Gasteiger partial charge in [0.25, 0.3) is 11.6 Å². The molecule has 0 unspecified atom stereocenters. The van der Waals surface area contributed by atoms with Crippen molar-refractivity contribution >= 4 is 35.3 Å². The van der Waals surface area contributed by atoms with Crippen molar-refractivity contribution in [1.29, 1.82) is 5.41 Å². The Morgan fingerprint density at radius 1 is 1.19 bits per heavy atom. The van der Waals surface area contributed by atoms with Crippen LogP contribution in [0.4, 0.5) is 23.2 Å². The third-order valence-electron chi connectivity index (χ3n) is 6.77. The Labute approximate surface area is 268 Å². The molecule has 0 radical (unpaired) electrons. The van der Waals surface area contributed by atoms with Gasteiger partial charge in [-0.2, -0.15) is 18.3 Å². The number of nitro benzene ring substituents is 1. The number of nitrogens with two attached hydrogens (primary N) is 1. The highest BCUT2D eigenvalue weighted by atomic mass is 19.4. The number of rotatable bonds is 10. The highest BCUT2D eigenvalue weighted by Gasteiger charge is 2.38. The maximum Gasteiger partial charge on any atom is 0.490 e. The number of hydrogen-bond acceptors (Lipinski definition) is 9. The summed E-state index contributed by atoms with van der Waals surface area (Å²) in [6.07, 6.45) is -3.01. The number of nitrogen functional groups attached to an aromatic ring is 1. The number of amidine groups is 1. The molecule has 2 amide bonds. The number of halogens is 4. The summed E-state index contributed by atoms with van der Waals surface area (Å²) in [5.41, 5.74) is 7.05. The molecule has 256 valence electrons. The molecular formula is C29H29F4N7O8. The molecule has 0 aliphatic carbocycles. The first-order valence-corrected chi connectivity index (χ1v) is 14.0. The molecular weight excluding hydrogens is 650 g/mol. The summed E-state index contributed by atoms with van der Waals surface area (Å²) in [4.78, 5) is 59.6. The fourth-order valence-corrected chi connectivity index (χ4v) is 4.49. The van der Waals surface area contributed by atoms with Crippen LogP contribution in [0.5, 0.6) is 0 Å². The maximum atomic E-state index is 14.7. The zero-order valence-electron chi connectivity index (χ0n) is 25.1. The van der Waals surface area contributed by atoms with Crippen LogP contribution in [0.1, 0.15) is 39.7 Å². The van der Waals surface area contributed by atoms with Gasteiger partial charge >= 0.3 is 18.1 Å². The predicted molar refractivity (Wildman–Crippen MR) is 157 cm³/mol. The average Bonchev–Trinajstić information content (AvgIpc) is 3.41. The normalized spacial score (nSPS) is 12.9. The second-order valence-corrected chi connectivity index (χ2v) is 10.2. The number of carbonyl (C=O) groups is 4. The number of aromatic nitrogens is 2. The number of nitro groups is 1.